The zero-order valence-corrected chi connectivity index (χ0v) is 19.7. The molecule has 9 atom stereocenters. The summed E-state index contributed by atoms with van der Waals surface area (Å²) in [6.45, 7) is -0.831. The minimum atomic E-state index is -1.80. The fraction of sp³-hybridized carbons (Fsp3) is 0.440. The van der Waals surface area contributed by atoms with Crippen LogP contribution in [0.5, 0.6) is 11.5 Å². The molecule has 2 aromatic carbocycles. The minimum Gasteiger partial charge on any atom is -0.504 e. The van der Waals surface area contributed by atoms with E-state index in [2.05, 4.69) is 0 Å². The second-order valence-electron chi connectivity index (χ2n) is 9.29. The lowest BCUT2D eigenvalue weighted by atomic mass is 9.84. The molecule has 7 N–H and O–H groups in total. The summed E-state index contributed by atoms with van der Waals surface area (Å²) in [6.07, 6.45) is -14.1. The standard InChI is InChI=1S/C25H26O13/c26-13-5-11-12(18(29)10-4-2-1-3-9(10)17(11)28)6-15(13)37-25-23(34)21(32)20(31)16(38-25)8-36-24-22(33)19(30)14(27)7-35-24/h1-6,14,16,19-27,30-34H,7-8H2/t14-,16-,19+,20-,21+,22-,23-,24+,25-/m1/s1. The molecule has 0 spiro atoms. The van der Waals surface area contributed by atoms with Crippen molar-refractivity contribution in [2.75, 3.05) is 13.2 Å². The Kier molecular flexibility index (Phi) is 7.21. The van der Waals surface area contributed by atoms with Crippen LogP contribution in [0.3, 0.4) is 0 Å². The molecule has 13 nitrogen and oxygen atoms in total. The number of fused-ring (bicyclic) bond motifs is 2. The summed E-state index contributed by atoms with van der Waals surface area (Å²) < 4.78 is 21.6. The molecular weight excluding hydrogens is 508 g/mol. The highest BCUT2D eigenvalue weighted by Crippen LogP contribution is 2.37. The fourth-order valence-corrected chi connectivity index (χ4v) is 4.60. The van der Waals surface area contributed by atoms with Gasteiger partial charge in [0, 0.05) is 22.3 Å². The van der Waals surface area contributed by atoms with Crippen molar-refractivity contribution in [1.29, 1.82) is 0 Å². The normalized spacial score (nSPS) is 34.9. The van der Waals surface area contributed by atoms with Gasteiger partial charge in [0.1, 0.15) is 42.7 Å². The lowest BCUT2D eigenvalue weighted by molar-refractivity contribution is -0.307. The summed E-state index contributed by atoms with van der Waals surface area (Å²) in [5, 5.41) is 71.0. The molecule has 0 saturated carbocycles. The maximum absolute atomic E-state index is 13.0. The van der Waals surface area contributed by atoms with Crippen molar-refractivity contribution in [3.8, 4) is 11.5 Å². The molecule has 2 heterocycles. The Labute approximate surface area is 215 Å². The molecule has 0 bridgehead atoms. The van der Waals surface area contributed by atoms with Crippen LogP contribution in [0.25, 0.3) is 0 Å². The molecule has 2 fully saturated rings. The third-order valence-electron chi connectivity index (χ3n) is 6.80. The highest BCUT2D eigenvalue weighted by molar-refractivity contribution is 6.28. The first-order valence-electron chi connectivity index (χ1n) is 11.8. The third kappa shape index (κ3) is 4.58. The number of phenolic OH excluding ortho intramolecular Hbond substituents is 1. The van der Waals surface area contributed by atoms with Crippen molar-refractivity contribution in [2.24, 2.45) is 0 Å². The van der Waals surface area contributed by atoms with Gasteiger partial charge in [0.05, 0.1) is 13.2 Å². The van der Waals surface area contributed by atoms with Crippen molar-refractivity contribution in [3.63, 3.8) is 0 Å². The van der Waals surface area contributed by atoms with E-state index < -0.39 is 79.2 Å². The van der Waals surface area contributed by atoms with Crippen LogP contribution >= 0.6 is 0 Å². The molecule has 0 radical (unpaired) electrons. The Morgan fingerprint density at radius 1 is 0.763 bits per heavy atom. The highest BCUT2D eigenvalue weighted by atomic mass is 16.7. The van der Waals surface area contributed by atoms with Gasteiger partial charge in [-0.3, -0.25) is 9.59 Å². The van der Waals surface area contributed by atoms with Crippen molar-refractivity contribution in [2.45, 2.75) is 55.3 Å². The third-order valence-corrected chi connectivity index (χ3v) is 6.80. The molecule has 2 aromatic rings. The van der Waals surface area contributed by atoms with E-state index in [0.29, 0.717) is 0 Å². The van der Waals surface area contributed by atoms with Gasteiger partial charge >= 0.3 is 0 Å². The monoisotopic (exact) mass is 534 g/mol. The van der Waals surface area contributed by atoms with E-state index in [1.807, 2.05) is 0 Å². The van der Waals surface area contributed by atoms with Crippen LogP contribution in [0.2, 0.25) is 0 Å². The zero-order chi connectivity index (χ0) is 27.3. The molecule has 0 amide bonds. The van der Waals surface area contributed by atoms with Crippen LogP contribution in [-0.4, -0.2) is 116 Å². The predicted molar refractivity (Wildman–Crippen MR) is 122 cm³/mol. The summed E-state index contributed by atoms with van der Waals surface area (Å²) in [6, 6.07) is 8.40. The number of ketones is 2. The number of carbonyl (C=O) groups is 2. The molecule has 13 heteroatoms. The van der Waals surface area contributed by atoms with E-state index in [0.717, 1.165) is 12.1 Å². The first-order valence-corrected chi connectivity index (χ1v) is 11.8. The number of aliphatic hydroxyl groups is 6. The number of hydrogen-bond donors (Lipinski definition) is 7. The number of aliphatic hydroxyl groups excluding tert-OH is 6. The van der Waals surface area contributed by atoms with E-state index in [9.17, 15) is 45.3 Å². The summed E-state index contributed by atoms with van der Waals surface area (Å²) in [7, 11) is 0. The first-order chi connectivity index (χ1) is 18.1. The summed E-state index contributed by atoms with van der Waals surface area (Å²) in [5.41, 5.74) is 0.287. The molecule has 204 valence electrons. The Morgan fingerprint density at radius 2 is 1.37 bits per heavy atom. The van der Waals surface area contributed by atoms with E-state index >= 15 is 0 Å². The number of phenols is 1. The van der Waals surface area contributed by atoms with Crippen LogP contribution < -0.4 is 4.74 Å². The molecule has 38 heavy (non-hydrogen) atoms. The Bertz CT molecular complexity index is 1230. The Hall–Kier alpha value is -2.98. The van der Waals surface area contributed by atoms with Crippen molar-refractivity contribution >= 4 is 11.6 Å². The van der Waals surface area contributed by atoms with Gasteiger partial charge in [-0.15, -0.1) is 0 Å². The van der Waals surface area contributed by atoms with Crippen LogP contribution in [0, 0.1) is 0 Å². The quantitative estimate of drug-likeness (QED) is 0.186. The van der Waals surface area contributed by atoms with Gasteiger partial charge in [-0.1, -0.05) is 24.3 Å². The van der Waals surface area contributed by atoms with Crippen LogP contribution in [0.4, 0.5) is 0 Å². The van der Waals surface area contributed by atoms with E-state index in [-0.39, 0.29) is 34.6 Å². The van der Waals surface area contributed by atoms with Gasteiger partial charge < -0.3 is 54.7 Å². The van der Waals surface area contributed by atoms with Gasteiger partial charge in [0.2, 0.25) is 6.29 Å². The summed E-state index contributed by atoms with van der Waals surface area (Å²) in [5.74, 6) is -1.82. The number of aromatic hydroxyl groups is 1. The molecule has 2 aliphatic heterocycles. The molecule has 0 aromatic heterocycles. The SMILES string of the molecule is O=C1c2ccccc2C(=O)c2cc(O[C@@H]3O[C@H](CO[C@@H]4OC[C@@H](O)[C@H](O)[C@H]4O)[C@@H](O)[C@H](O)[C@H]3O)c(O)cc21. The van der Waals surface area contributed by atoms with Gasteiger partial charge in [-0.25, -0.2) is 0 Å². The van der Waals surface area contributed by atoms with Crippen LogP contribution in [0.15, 0.2) is 36.4 Å². The average molecular weight is 534 g/mol. The smallest absolute Gasteiger partial charge is 0.229 e. The number of benzene rings is 2. The highest BCUT2D eigenvalue weighted by Gasteiger charge is 2.47. The number of ether oxygens (including phenoxy) is 4. The number of hydrogen-bond acceptors (Lipinski definition) is 13. The fourth-order valence-electron chi connectivity index (χ4n) is 4.60. The first kappa shape index (κ1) is 26.6. The van der Waals surface area contributed by atoms with Gasteiger partial charge in [0.25, 0.3) is 0 Å². The van der Waals surface area contributed by atoms with Crippen LogP contribution in [0.1, 0.15) is 31.8 Å². The minimum absolute atomic E-state index is 0.0382. The summed E-state index contributed by atoms with van der Waals surface area (Å²) >= 11 is 0. The number of carbonyl (C=O) groups excluding carboxylic acids is 2. The lowest BCUT2D eigenvalue weighted by Crippen LogP contribution is -2.61. The average Bonchev–Trinajstić information content (AvgIpc) is 2.91. The van der Waals surface area contributed by atoms with Crippen molar-refractivity contribution < 1.29 is 64.3 Å². The topological polar surface area (TPSA) is 213 Å². The maximum atomic E-state index is 13.0. The molecule has 2 saturated heterocycles. The Balaban J connectivity index is 1.33. The van der Waals surface area contributed by atoms with Crippen molar-refractivity contribution in [3.05, 3.63) is 58.7 Å². The van der Waals surface area contributed by atoms with Gasteiger partial charge in [-0.2, -0.15) is 0 Å². The van der Waals surface area contributed by atoms with Crippen molar-refractivity contribution in [1.82, 2.24) is 0 Å². The van der Waals surface area contributed by atoms with E-state index in [1.165, 1.54) is 12.1 Å². The lowest BCUT2D eigenvalue weighted by Gasteiger charge is -2.41. The molecule has 3 aliphatic rings. The predicted octanol–water partition coefficient (Wildman–Crippen LogP) is -2.19. The Morgan fingerprint density at radius 3 is 2.03 bits per heavy atom. The van der Waals surface area contributed by atoms with Gasteiger partial charge in [-0.05, 0) is 12.1 Å². The molecule has 5 rings (SSSR count). The summed E-state index contributed by atoms with van der Waals surface area (Å²) in [4.78, 5) is 25.8. The van der Waals surface area contributed by atoms with E-state index in [4.69, 9.17) is 18.9 Å². The molecular formula is C25H26O13. The largest absolute Gasteiger partial charge is 0.504 e. The van der Waals surface area contributed by atoms with E-state index in [1.54, 1.807) is 12.1 Å². The second kappa shape index (κ2) is 10.3. The van der Waals surface area contributed by atoms with Gasteiger partial charge in [0.15, 0.2) is 29.4 Å². The molecule has 1 aliphatic carbocycles. The zero-order valence-electron chi connectivity index (χ0n) is 19.7. The number of rotatable bonds is 5. The van der Waals surface area contributed by atoms with Crippen LogP contribution in [-0.2, 0) is 14.2 Å². The molecule has 0 unspecified atom stereocenters. The maximum Gasteiger partial charge on any atom is 0.229 e. The second-order valence-corrected chi connectivity index (χ2v) is 9.29.